The normalized spacial score (nSPS) is 19.3. The summed E-state index contributed by atoms with van der Waals surface area (Å²) in [6.45, 7) is 6.62. The maximum Gasteiger partial charge on any atom is 0.220 e. The van der Waals surface area contributed by atoms with Gasteiger partial charge in [-0.1, -0.05) is 33.6 Å². The van der Waals surface area contributed by atoms with Crippen molar-refractivity contribution in [2.75, 3.05) is 6.54 Å². The Hall–Kier alpha value is -0.570. The summed E-state index contributed by atoms with van der Waals surface area (Å²) in [5.41, 5.74) is -0.101. The van der Waals surface area contributed by atoms with E-state index in [0.717, 1.165) is 0 Å². The van der Waals surface area contributed by atoms with Gasteiger partial charge in [-0.05, 0) is 30.6 Å². The minimum absolute atomic E-state index is 0.101. The zero-order valence-electron chi connectivity index (χ0n) is 11.5. The van der Waals surface area contributed by atoms with E-state index in [1.807, 2.05) is 20.8 Å². The monoisotopic (exact) mass is 241 g/mol. The minimum atomic E-state index is -0.353. The number of carbonyl (C=O) groups is 1. The largest absolute Gasteiger partial charge is 0.393 e. The van der Waals surface area contributed by atoms with Gasteiger partial charge in [0.25, 0.3) is 0 Å². The SMILES string of the molecule is CC(C)(C)[C@H](O)CCNC(=O)CC1CCCC1. The summed E-state index contributed by atoms with van der Waals surface area (Å²) in [6, 6.07) is 0. The highest BCUT2D eigenvalue weighted by Crippen LogP contribution is 2.27. The molecule has 0 aromatic heterocycles. The summed E-state index contributed by atoms with van der Waals surface area (Å²) in [5.74, 6) is 0.751. The molecule has 1 amide bonds. The lowest BCUT2D eigenvalue weighted by Crippen LogP contribution is -2.33. The van der Waals surface area contributed by atoms with Crippen LogP contribution >= 0.6 is 0 Å². The van der Waals surface area contributed by atoms with E-state index in [4.69, 9.17) is 0 Å². The Bertz CT molecular complexity index is 239. The van der Waals surface area contributed by atoms with Crippen LogP contribution in [0.1, 0.15) is 59.3 Å². The van der Waals surface area contributed by atoms with Crippen LogP contribution in [0.15, 0.2) is 0 Å². The quantitative estimate of drug-likeness (QED) is 0.777. The highest BCUT2D eigenvalue weighted by molar-refractivity contribution is 5.76. The molecule has 0 radical (unpaired) electrons. The molecule has 1 aliphatic carbocycles. The average Bonchev–Trinajstić information content (AvgIpc) is 2.68. The van der Waals surface area contributed by atoms with E-state index in [1.165, 1.54) is 25.7 Å². The second kappa shape index (κ2) is 6.39. The number of amides is 1. The number of carbonyl (C=O) groups excluding carboxylic acids is 1. The van der Waals surface area contributed by atoms with E-state index in [1.54, 1.807) is 0 Å². The van der Waals surface area contributed by atoms with Gasteiger partial charge in [0.2, 0.25) is 5.91 Å². The standard InChI is InChI=1S/C14H27NO2/c1-14(2,3)12(16)8-9-15-13(17)10-11-6-4-5-7-11/h11-12,16H,4-10H2,1-3H3,(H,15,17)/t12-/m1/s1. The first kappa shape index (κ1) is 14.5. The Morgan fingerprint density at radius 2 is 1.94 bits per heavy atom. The van der Waals surface area contributed by atoms with Gasteiger partial charge in [-0.2, -0.15) is 0 Å². The van der Waals surface area contributed by atoms with Crippen molar-refractivity contribution < 1.29 is 9.90 Å². The predicted octanol–water partition coefficient (Wildman–Crippen LogP) is 2.48. The first-order valence-corrected chi connectivity index (χ1v) is 6.84. The second-order valence-corrected chi connectivity index (χ2v) is 6.38. The number of rotatable bonds is 5. The zero-order valence-corrected chi connectivity index (χ0v) is 11.5. The average molecular weight is 241 g/mol. The van der Waals surface area contributed by atoms with E-state index in [0.29, 0.717) is 25.3 Å². The molecule has 1 atom stereocenters. The number of hydrogen-bond acceptors (Lipinski definition) is 2. The van der Waals surface area contributed by atoms with Crippen LogP contribution in [0.3, 0.4) is 0 Å². The minimum Gasteiger partial charge on any atom is -0.393 e. The number of nitrogens with one attached hydrogen (secondary N) is 1. The molecule has 3 heteroatoms. The van der Waals surface area contributed by atoms with Crippen molar-refractivity contribution >= 4 is 5.91 Å². The third kappa shape index (κ3) is 5.53. The molecule has 1 aliphatic rings. The van der Waals surface area contributed by atoms with Gasteiger partial charge in [0.1, 0.15) is 0 Å². The summed E-state index contributed by atoms with van der Waals surface area (Å²) in [6.07, 6.45) is 5.93. The van der Waals surface area contributed by atoms with Gasteiger partial charge in [-0.3, -0.25) is 4.79 Å². The van der Waals surface area contributed by atoms with Crippen LogP contribution in [-0.4, -0.2) is 23.7 Å². The lowest BCUT2D eigenvalue weighted by Gasteiger charge is -2.25. The number of aliphatic hydroxyl groups is 1. The smallest absolute Gasteiger partial charge is 0.220 e. The van der Waals surface area contributed by atoms with E-state index in [9.17, 15) is 9.90 Å². The topological polar surface area (TPSA) is 49.3 Å². The Kier molecular flexibility index (Phi) is 5.44. The molecule has 1 saturated carbocycles. The van der Waals surface area contributed by atoms with Gasteiger partial charge in [-0.15, -0.1) is 0 Å². The molecule has 0 aliphatic heterocycles. The molecule has 0 aromatic carbocycles. The Labute approximate surface area is 105 Å². The van der Waals surface area contributed by atoms with E-state index in [-0.39, 0.29) is 17.4 Å². The molecule has 1 fully saturated rings. The summed E-state index contributed by atoms with van der Waals surface area (Å²) in [5, 5.41) is 12.7. The van der Waals surface area contributed by atoms with E-state index >= 15 is 0 Å². The highest BCUT2D eigenvalue weighted by atomic mass is 16.3. The van der Waals surface area contributed by atoms with Crippen molar-refractivity contribution in [3.8, 4) is 0 Å². The molecule has 0 spiro atoms. The van der Waals surface area contributed by atoms with Gasteiger partial charge in [0, 0.05) is 13.0 Å². The van der Waals surface area contributed by atoms with Crippen molar-refractivity contribution in [2.45, 2.75) is 65.4 Å². The summed E-state index contributed by atoms with van der Waals surface area (Å²) < 4.78 is 0. The van der Waals surface area contributed by atoms with Gasteiger partial charge in [0.15, 0.2) is 0 Å². The third-order valence-electron chi connectivity index (χ3n) is 3.69. The molecule has 1 rings (SSSR count). The zero-order chi connectivity index (χ0) is 12.9. The molecule has 0 unspecified atom stereocenters. The molecular formula is C14H27NO2. The Morgan fingerprint density at radius 3 is 2.47 bits per heavy atom. The summed E-state index contributed by atoms with van der Waals surface area (Å²) in [4.78, 5) is 11.6. The lowest BCUT2D eigenvalue weighted by molar-refractivity contribution is -0.122. The van der Waals surface area contributed by atoms with E-state index in [2.05, 4.69) is 5.32 Å². The van der Waals surface area contributed by atoms with Crippen LogP contribution in [0.4, 0.5) is 0 Å². The van der Waals surface area contributed by atoms with Crippen LogP contribution in [0.5, 0.6) is 0 Å². The van der Waals surface area contributed by atoms with Gasteiger partial charge >= 0.3 is 0 Å². The lowest BCUT2D eigenvalue weighted by atomic mass is 9.87. The number of aliphatic hydroxyl groups excluding tert-OH is 1. The third-order valence-corrected chi connectivity index (χ3v) is 3.69. The molecular weight excluding hydrogens is 214 g/mol. The fraction of sp³-hybridized carbons (Fsp3) is 0.929. The maximum atomic E-state index is 11.6. The van der Waals surface area contributed by atoms with Crippen molar-refractivity contribution in [3.63, 3.8) is 0 Å². The maximum absolute atomic E-state index is 11.6. The first-order chi connectivity index (χ1) is 7.89. The van der Waals surface area contributed by atoms with Crippen molar-refractivity contribution in [2.24, 2.45) is 11.3 Å². The highest BCUT2D eigenvalue weighted by Gasteiger charge is 2.22. The summed E-state index contributed by atoms with van der Waals surface area (Å²) in [7, 11) is 0. The van der Waals surface area contributed by atoms with Crippen molar-refractivity contribution in [1.29, 1.82) is 0 Å². The van der Waals surface area contributed by atoms with Crippen LogP contribution in [-0.2, 0) is 4.79 Å². The van der Waals surface area contributed by atoms with Crippen molar-refractivity contribution in [3.05, 3.63) is 0 Å². The molecule has 100 valence electrons. The fourth-order valence-electron chi connectivity index (χ4n) is 2.33. The fourth-order valence-corrected chi connectivity index (χ4v) is 2.33. The molecule has 17 heavy (non-hydrogen) atoms. The Morgan fingerprint density at radius 1 is 1.35 bits per heavy atom. The second-order valence-electron chi connectivity index (χ2n) is 6.38. The van der Waals surface area contributed by atoms with Gasteiger partial charge in [-0.25, -0.2) is 0 Å². The molecule has 2 N–H and O–H groups in total. The molecule has 0 bridgehead atoms. The van der Waals surface area contributed by atoms with Crippen LogP contribution in [0, 0.1) is 11.3 Å². The Balaban J connectivity index is 2.11. The van der Waals surface area contributed by atoms with E-state index < -0.39 is 0 Å². The van der Waals surface area contributed by atoms with Gasteiger partial charge in [0.05, 0.1) is 6.10 Å². The molecule has 0 heterocycles. The summed E-state index contributed by atoms with van der Waals surface area (Å²) >= 11 is 0. The van der Waals surface area contributed by atoms with Crippen molar-refractivity contribution in [1.82, 2.24) is 5.32 Å². The van der Waals surface area contributed by atoms with Crippen LogP contribution in [0.2, 0.25) is 0 Å². The van der Waals surface area contributed by atoms with Crippen LogP contribution < -0.4 is 5.32 Å². The predicted molar refractivity (Wildman–Crippen MR) is 69.7 cm³/mol. The molecule has 0 aromatic rings. The number of hydrogen-bond donors (Lipinski definition) is 2. The molecule has 0 saturated heterocycles. The molecule has 3 nitrogen and oxygen atoms in total. The van der Waals surface area contributed by atoms with Crippen LogP contribution in [0.25, 0.3) is 0 Å². The van der Waals surface area contributed by atoms with Gasteiger partial charge < -0.3 is 10.4 Å². The first-order valence-electron chi connectivity index (χ1n) is 6.84.